The van der Waals surface area contributed by atoms with Gasteiger partial charge in [0.15, 0.2) is 0 Å². The molecule has 0 saturated carbocycles. The van der Waals surface area contributed by atoms with Gasteiger partial charge >= 0.3 is 0 Å². The molecule has 0 amide bonds. The van der Waals surface area contributed by atoms with Crippen LogP contribution in [-0.4, -0.2) is 38.2 Å². The molecule has 0 aliphatic carbocycles. The van der Waals surface area contributed by atoms with Crippen molar-refractivity contribution in [3.8, 4) is 11.6 Å². The monoisotopic (exact) mass is 321 g/mol. The highest BCUT2D eigenvalue weighted by atomic mass is 16.4. The van der Waals surface area contributed by atoms with Gasteiger partial charge in [-0.3, -0.25) is 9.88 Å². The fourth-order valence-corrected chi connectivity index (χ4v) is 3.03. The van der Waals surface area contributed by atoms with Crippen LogP contribution in [0.3, 0.4) is 0 Å². The summed E-state index contributed by atoms with van der Waals surface area (Å²) in [6.45, 7) is 4.84. The van der Waals surface area contributed by atoms with Crippen LogP contribution >= 0.6 is 0 Å². The number of hydrogen-bond donors (Lipinski definition) is 0. The Morgan fingerprint density at radius 2 is 2.00 bits per heavy atom. The number of aromatic nitrogens is 4. The van der Waals surface area contributed by atoms with Gasteiger partial charge in [0, 0.05) is 19.3 Å². The first kappa shape index (κ1) is 15.0. The summed E-state index contributed by atoms with van der Waals surface area (Å²) >= 11 is 0. The van der Waals surface area contributed by atoms with E-state index in [1.54, 1.807) is 12.4 Å². The van der Waals surface area contributed by atoms with Gasteiger partial charge in [0.1, 0.15) is 5.69 Å². The van der Waals surface area contributed by atoms with Crippen LogP contribution in [0.25, 0.3) is 11.6 Å². The highest BCUT2D eigenvalue weighted by Gasteiger charge is 2.28. The Kier molecular flexibility index (Phi) is 4.04. The second-order valence-electron chi connectivity index (χ2n) is 6.19. The van der Waals surface area contributed by atoms with Crippen molar-refractivity contribution in [2.75, 3.05) is 13.1 Å². The summed E-state index contributed by atoms with van der Waals surface area (Å²) in [5.41, 5.74) is 2.82. The van der Waals surface area contributed by atoms with Crippen LogP contribution in [0.5, 0.6) is 0 Å². The number of hydrogen-bond acceptors (Lipinski definition) is 6. The average molecular weight is 321 g/mol. The van der Waals surface area contributed by atoms with Gasteiger partial charge in [-0.05, 0) is 25.5 Å². The van der Waals surface area contributed by atoms with Gasteiger partial charge in [0.2, 0.25) is 5.89 Å². The van der Waals surface area contributed by atoms with E-state index in [4.69, 9.17) is 4.42 Å². The molecule has 1 atom stereocenters. The Bertz CT molecular complexity index is 800. The summed E-state index contributed by atoms with van der Waals surface area (Å²) in [5, 5.41) is 8.36. The Morgan fingerprint density at radius 1 is 1.12 bits per heavy atom. The van der Waals surface area contributed by atoms with E-state index >= 15 is 0 Å². The van der Waals surface area contributed by atoms with Gasteiger partial charge in [0.05, 0.1) is 17.8 Å². The second-order valence-corrected chi connectivity index (χ2v) is 6.19. The molecule has 122 valence electrons. The summed E-state index contributed by atoms with van der Waals surface area (Å²) in [6, 6.07) is 10.5. The molecule has 2 aromatic heterocycles. The summed E-state index contributed by atoms with van der Waals surface area (Å²) in [6.07, 6.45) is 4.41. The van der Waals surface area contributed by atoms with Gasteiger partial charge in [0.25, 0.3) is 5.89 Å². The zero-order valence-electron chi connectivity index (χ0n) is 13.6. The maximum Gasteiger partial charge on any atom is 0.267 e. The third-order valence-electron chi connectivity index (χ3n) is 4.31. The van der Waals surface area contributed by atoms with E-state index in [2.05, 4.69) is 49.3 Å². The molecule has 0 spiro atoms. The van der Waals surface area contributed by atoms with Crippen molar-refractivity contribution in [2.24, 2.45) is 0 Å². The van der Waals surface area contributed by atoms with Crippen molar-refractivity contribution in [1.82, 2.24) is 25.1 Å². The minimum Gasteiger partial charge on any atom is -0.419 e. The molecule has 0 N–H and O–H groups in total. The zero-order chi connectivity index (χ0) is 16.4. The molecule has 3 aromatic rings. The summed E-state index contributed by atoms with van der Waals surface area (Å²) in [5.74, 6) is 1.43. The number of rotatable bonds is 4. The Balaban J connectivity index is 1.43. The summed E-state index contributed by atoms with van der Waals surface area (Å²) < 4.78 is 5.84. The van der Waals surface area contributed by atoms with Crippen molar-refractivity contribution in [3.05, 3.63) is 59.9 Å². The minimum atomic E-state index is 0.286. The van der Waals surface area contributed by atoms with Gasteiger partial charge < -0.3 is 4.42 Å². The summed E-state index contributed by atoms with van der Waals surface area (Å²) in [7, 11) is 0. The van der Waals surface area contributed by atoms with Gasteiger partial charge in [-0.25, -0.2) is 4.98 Å². The zero-order valence-corrected chi connectivity index (χ0v) is 13.6. The highest BCUT2D eigenvalue weighted by Crippen LogP contribution is 2.28. The van der Waals surface area contributed by atoms with Crippen LogP contribution in [0.15, 0.2) is 47.1 Å². The predicted octanol–water partition coefficient (Wildman–Crippen LogP) is 2.82. The lowest BCUT2D eigenvalue weighted by Crippen LogP contribution is -2.19. The number of aryl methyl sites for hydroxylation is 1. The van der Waals surface area contributed by atoms with Crippen molar-refractivity contribution in [1.29, 1.82) is 0 Å². The molecule has 1 aliphatic rings. The van der Waals surface area contributed by atoms with Crippen LogP contribution in [0.1, 0.15) is 29.5 Å². The predicted molar refractivity (Wildman–Crippen MR) is 89.1 cm³/mol. The SMILES string of the molecule is Cc1cnc(-c2nnc([C@@H]3CCN(Cc4ccccc4)C3)o2)cn1. The number of benzene rings is 1. The molecule has 1 aromatic carbocycles. The molecule has 1 fully saturated rings. The molecule has 0 bridgehead atoms. The molecule has 1 saturated heterocycles. The van der Waals surface area contributed by atoms with Crippen LogP contribution in [0.4, 0.5) is 0 Å². The maximum absolute atomic E-state index is 5.84. The molecule has 24 heavy (non-hydrogen) atoms. The van der Waals surface area contributed by atoms with Gasteiger partial charge in [-0.15, -0.1) is 10.2 Å². The average Bonchev–Trinajstić information content (AvgIpc) is 3.26. The Morgan fingerprint density at radius 3 is 2.79 bits per heavy atom. The molecule has 0 unspecified atom stereocenters. The molecule has 6 heteroatoms. The van der Waals surface area contributed by atoms with E-state index < -0.39 is 0 Å². The molecule has 1 aliphatic heterocycles. The Hall–Kier alpha value is -2.60. The normalized spacial score (nSPS) is 18.1. The van der Waals surface area contributed by atoms with E-state index in [9.17, 15) is 0 Å². The van der Waals surface area contributed by atoms with Crippen LogP contribution in [0, 0.1) is 6.92 Å². The van der Waals surface area contributed by atoms with Gasteiger partial charge in [-0.1, -0.05) is 30.3 Å². The lowest BCUT2D eigenvalue weighted by Gasteiger charge is -2.14. The molecular weight excluding hydrogens is 302 g/mol. The second kappa shape index (κ2) is 6.49. The number of nitrogens with zero attached hydrogens (tertiary/aromatic N) is 5. The molecule has 3 heterocycles. The van der Waals surface area contributed by atoms with Crippen LogP contribution in [0.2, 0.25) is 0 Å². The van der Waals surface area contributed by atoms with E-state index in [1.165, 1.54) is 5.56 Å². The molecule has 0 radical (unpaired) electrons. The first-order chi connectivity index (χ1) is 11.8. The van der Waals surface area contributed by atoms with Crippen LogP contribution in [-0.2, 0) is 6.54 Å². The van der Waals surface area contributed by atoms with E-state index in [0.717, 1.165) is 31.7 Å². The first-order valence-corrected chi connectivity index (χ1v) is 8.16. The first-order valence-electron chi connectivity index (χ1n) is 8.16. The summed E-state index contributed by atoms with van der Waals surface area (Å²) in [4.78, 5) is 10.9. The number of likely N-dealkylation sites (tertiary alicyclic amines) is 1. The molecule has 6 nitrogen and oxygen atoms in total. The van der Waals surface area contributed by atoms with Crippen LogP contribution < -0.4 is 0 Å². The fourth-order valence-electron chi connectivity index (χ4n) is 3.03. The third kappa shape index (κ3) is 3.19. The van der Waals surface area contributed by atoms with Crippen molar-refractivity contribution in [3.63, 3.8) is 0 Å². The third-order valence-corrected chi connectivity index (χ3v) is 4.31. The quantitative estimate of drug-likeness (QED) is 0.736. The standard InChI is InChI=1S/C18H19N5O/c1-13-9-20-16(10-19-13)18-22-21-17(24-18)15-7-8-23(12-15)11-14-5-3-2-4-6-14/h2-6,9-10,15H,7-8,11-12H2,1H3/t15-/m1/s1. The Labute approximate surface area is 140 Å². The molecular formula is C18H19N5O. The lowest BCUT2D eigenvalue weighted by molar-refractivity contribution is 0.320. The van der Waals surface area contributed by atoms with E-state index in [1.807, 2.05) is 13.0 Å². The van der Waals surface area contributed by atoms with Crippen molar-refractivity contribution in [2.45, 2.75) is 25.8 Å². The minimum absolute atomic E-state index is 0.286. The molecule has 4 rings (SSSR count). The fraction of sp³-hybridized carbons (Fsp3) is 0.333. The van der Waals surface area contributed by atoms with E-state index in [-0.39, 0.29) is 5.92 Å². The lowest BCUT2D eigenvalue weighted by atomic mass is 10.1. The van der Waals surface area contributed by atoms with E-state index in [0.29, 0.717) is 17.5 Å². The highest BCUT2D eigenvalue weighted by molar-refractivity contribution is 5.43. The van der Waals surface area contributed by atoms with Crippen molar-refractivity contribution >= 4 is 0 Å². The topological polar surface area (TPSA) is 67.9 Å². The van der Waals surface area contributed by atoms with Gasteiger partial charge in [-0.2, -0.15) is 0 Å². The largest absolute Gasteiger partial charge is 0.419 e. The smallest absolute Gasteiger partial charge is 0.267 e. The maximum atomic E-state index is 5.84. The van der Waals surface area contributed by atoms with Crippen molar-refractivity contribution < 1.29 is 4.42 Å².